The second-order valence-corrected chi connectivity index (χ2v) is 6.49. The van der Waals surface area contributed by atoms with Crippen LogP contribution >= 0.6 is 11.6 Å². The molecule has 0 aliphatic heterocycles. The fourth-order valence-corrected chi connectivity index (χ4v) is 2.81. The third-order valence-corrected chi connectivity index (χ3v) is 4.37. The van der Waals surface area contributed by atoms with Crippen molar-refractivity contribution in [1.82, 2.24) is 5.32 Å². The molecule has 0 spiro atoms. The lowest BCUT2D eigenvalue weighted by Gasteiger charge is -2.15. The maximum Gasteiger partial charge on any atom is 0.326 e. The highest BCUT2D eigenvalue weighted by molar-refractivity contribution is 6.34. The Hall–Kier alpha value is -3.31. The van der Waals surface area contributed by atoms with Crippen LogP contribution in [0.3, 0.4) is 0 Å². The number of nitrogens with one attached hydrogen (secondary N) is 2. The lowest BCUT2D eigenvalue weighted by Crippen LogP contribution is -2.34. The summed E-state index contributed by atoms with van der Waals surface area (Å²) in [6.07, 6.45) is -0.100. The van der Waals surface area contributed by atoms with Crippen molar-refractivity contribution in [2.45, 2.75) is 13.0 Å². The van der Waals surface area contributed by atoms with Gasteiger partial charge in [0.25, 0.3) is 5.91 Å². The van der Waals surface area contributed by atoms with E-state index in [-0.39, 0.29) is 16.7 Å². The summed E-state index contributed by atoms with van der Waals surface area (Å²) in [5.74, 6) is 0.106. The number of carbonyl (C=O) groups is 2. The van der Waals surface area contributed by atoms with Crippen LogP contribution in [-0.2, 0) is 0 Å². The number of ether oxygens (including phenoxy) is 1. The maximum absolute atomic E-state index is 12.1. The van der Waals surface area contributed by atoms with Gasteiger partial charge in [0, 0.05) is 5.69 Å². The molecule has 0 fully saturated rings. The van der Waals surface area contributed by atoms with Crippen LogP contribution in [0.15, 0.2) is 78.9 Å². The average Bonchev–Trinajstić information content (AvgIpc) is 2.70. The van der Waals surface area contributed by atoms with E-state index in [4.69, 9.17) is 16.3 Å². The van der Waals surface area contributed by atoms with Gasteiger partial charge in [-0.1, -0.05) is 54.1 Å². The number of rotatable bonds is 5. The Kier molecular flexibility index (Phi) is 6.29. The van der Waals surface area contributed by atoms with Crippen molar-refractivity contribution in [1.29, 1.82) is 0 Å². The number of hydrogen-bond acceptors (Lipinski definition) is 3. The van der Waals surface area contributed by atoms with Gasteiger partial charge in [0.2, 0.25) is 0 Å². The molecular formula is C22H19ClN2O3. The van der Waals surface area contributed by atoms with Crippen molar-refractivity contribution in [2.24, 2.45) is 0 Å². The van der Waals surface area contributed by atoms with Crippen molar-refractivity contribution in [2.75, 3.05) is 5.32 Å². The summed E-state index contributed by atoms with van der Waals surface area (Å²) in [4.78, 5) is 24.1. The van der Waals surface area contributed by atoms with E-state index < -0.39 is 11.9 Å². The van der Waals surface area contributed by atoms with Crippen LogP contribution in [0.2, 0.25) is 5.02 Å². The predicted octanol–water partition coefficient (Wildman–Crippen LogP) is 5.44. The van der Waals surface area contributed by atoms with Gasteiger partial charge in [-0.3, -0.25) is 10.1 Å². The van der Waals surface area contributed by atoms with Gasteiger partial charge in [-0.05, 0) is 48.9 Å². The Balaban J connectivity index is 1.56. The first-order valence-electron chi connectivity index (χ1n) is 8.71. The first-order valence-corrected chi connectivity index (χ1v) is 9.09. The zero-order valence-corrected chi connectivity index (χ0v) is 15.9. The van der Waals surface area contributed by atoms with E-state index in [1.165, 1.54) is 0 Å². The molecule has 0 bridgehead atoms. The Morgan fingerprint density at radius 2 is 1.54 bits per heavy atom. The predicted molar refractivity (Wildman–Crippen MR) is 110 cm³/mol. The van der Waals surface area contributed by atoms with Gasteiger partial charge in [0.1, 0.15) is 11.9 Å². The van der Waals surface area contributed by atoms with Crippen molar-refractivity contribution >= 4 is 29.2 Å². The molecule has 6 heteroatoms. The third-order valence-electron chi connectivity index (χ3n) is 4.04. The fraction of sp³-hybridized carbons (Fsp3) is 0.0909. The van der Waals surface area contributed by atoms with Gasteiger partial charge in [-0.15, -0.1) is 0 Å². The van der Waals surface area contributed by atoms with Gasteiger partial charge in [-0.2, -0.15) is 0 Å². The standard InChI is InChI=1S/C22H19ClN2O3/c1-15(16-7-3-2-4-8-16)28-18-13-11-17(12-14-18)24-22(27)25-21(26)19-9-5-6-10-20(19)23/h2-15H,1H3,(H2,24,25,26,27). The summed E-state index contributed by atoms with van der Waals surface area (Å²) in [6.45, 7) is 1.97. The summed E-state index contributed by atoms with van der Waals surface area (Å²) in [6, 6.07) is 22.7. The van der Waals surface area contributed by atoms with E-state index >= 15 is 0 Å². The minimum Gasteiger partial charge on any atom is -0.486 e. The van der Waals surface area contributed by atoms with E-state index in [2.05, 4.69) is 10.6 Å². The smallest absolute Gasteiger partial charge is 0.326 e. The second-order valence-electron chi connectivity index (χ2n) is 6.08. The van der Waals surface area contributed by atoms with Crippen LogP contribution < -0.4 is 15.4 Å². The summed E-state index contributed by atoms with van der Waals surface area (Å²) in [5, 5.41) is 5.13. The molecule has 28 heavy (non-hydrogen) atoms. The maximum atomic E-state index is 12.1. The number of hydrogen-bond donors (Lipinski definition) is 2. The quantitative estimate of drug-likeness (QED) is 0.605. The molecule has 0 radical (unpaired) electrons. The van der Waals surface area contributed by atoms with Gasteiger partial charge < -0.3 is 10.1 Å². The molecule has 142 valence electrons. The Morgan fingerprint density at radius 1 is 0.893 bits per heavy atom. The normalized spacial score (nSPS) is 11.4. The molecule has 0 aliphatic rings. The van der Waals surface area contributed by atoms with Crippen LogP contribution in [0.4, 0.5) is 10.5 Å². The van der Waals surface area contributed by atoms with Crippen molar-refractivity contribution in [3.63, 3.8) is 0 Å². The minimum atomic E-state index is -0.642. The van der Waals surface area contributed by atoms with Crippen LogP contribution in [0.25, 0.3) is 0 Å². The van der Waals surface area contributed by atoms with Crippen molar-refractivity contribution < 1.29 is 14.3 Å². The zero-order chi connectivity index (χ0) is 19.9. The van der Waals surface area contributed by atoms with Crippen LogP contribution in [0.5, 0.6) is 5.75 Å². The van der Waals surface area contributed by atoms with E-state index in [1.807, 2.05) is 37.3 Å². The molecule has 0 saturated carbocycles. The van der Waals surface area contributed by atoms with E-state index in [0.29, 0.717) is 11.4 Å². The number of carbonyl (C=O) groups excluding carboxylic acids is 2. The summed E-state index contributed by atoms with van der Waals surface area (Å²) < 4.78 is 5.90. The topological polar surface area (TPSA) is 67.4 Å². The summed E-state index contributed by atoms with van der Waals surface area (Å²) in [5.41, 5.74) is 1.84. The largest absolute Gasteiger partial charge is 0.486 e. The number of imide groups is 1. The lowest BCUT2D eigenvalue weighted by atomic mass is 10.1. The summed E-state index contributed by atoms with van der Waals surface area (Å²) >= 11 is 5.96. The number of amides is 3. The first kappa shape index (κ1) is 19.5. The highest BCUT2D eigenvalue weighted by Gasteiger charge is 2.13. The first-order chi connectivity index (χ1) is 13.5. The lowest BCUT2D eigenvalue weighted by molar-refractivity contribution is 0.0967. The van der Waals surface area contributed by atoms with Crippen molar-refractivity contribution in [3.8, 4) is 5.75 Å². The van der Waals surface area contributed by atoms with Gasteiger partial charge >= 0.3 is 6.03 Å². The highest BCUT2D eigenvalue weighted by Crippen LogP contribution is 2.23. The molecular weight excluding hydrogens is 376 g/mol. The van der Waals surface area contributed by atoms with Crippen LogP contribution in [0.1, 0.15) is 28.9 Å². The van der Waals surface area contributed by atoms with Gasteiger partial charge in [-0.25, -0.2) is 4.79 Å². The Bertz CT molecular complexity index is 959. The number of halogens is 1. The Labute approximate surface area is 168 Å². The molecule has 0 aromatic heterocycles. The third kappa shape index (κ3) is 5.11. The monoisotopic (exact) mass is 394 g/mol. The number of urea groups is 1. The van der Waals surface area contributed by atoms with Crippen LogP contribution in [0, 0.1) is 0 Å². The molecule has 3 rings (SSSR count). The number of benzene rings is 3. The summed E-state index contributed by atoms with van der Waals surface area (Å²) in [7, 11) is 0. The molecule has 0 saturated heterocycles. The van der Waals surface area contributed by atoms with E-state index in [0.717, 1.165) is 5.56 Å². The minimum absolute atomic E-state index is 0.100. The Morgan fingerprint density at radius 3 is 2.21 bits per heavy atom. The zero-order valence-electron chi connectivity index (χ0n) is 15.2. The molecule has 1 atom stereocenters. The molecule has 3 aromatic carbocycles. The van der Waals surface area contributed by atoms with E-state index in [9.17, 15) is 9.59 Å². The molecule has 3 amide bonds. The SMILES string of the molecule is CC(Oc1ccc(NC(=O)NC(=O)c2ccccc2Cl)cc1)c1ccccc1. The molecule has 3 aromatic rings. The molecule has 0 heterocycles. The van der Waals surface area contributed by atoms with Crippen LogP contribution in [-0.4, -0.2) is 11.9 Å². The molecule has 1 unspecified atom stereocenters. The number of anilines is 1. The van der Waals surface area contributed by atoms with Gasteiger partial charge in [0.15, 0.2) is 0 Å². The van der Waals surface area contributed by atoms with Gasteiger partial charge in [0.05, 0.1) is 10.6 Å². The molecule has 5 nitrogen and oxygen atoms in total. The van der Waals surface area contributed by atoms with Crippen molar-refractivity contribution in [3.05, 3.63) is 95.0 Å². The molecule has 2 N–H and O–H groups in total. The highest BCUT2D eigenvalue weighted by atomic mass is 35.5. The molecule has 0 aliphatic carbocycles. The second kappa shape index (κ2) is 9.06. The fourth-order valence-electron chi connectivity index (χ4n) is 2.59. The van der Waals surface area contributed by atoms with E-state index in [1.54, 1.807) is 48.5 Å². The average molecular weight is 395 g/mol.